The first-order valence-electron chi connectivity index (χ1n) is 18.7. The predicted molar refractivity (Wildman–Crippen MR) is 231 cm³/mol. The molecule has 1 radical (unpaired) electrons. The fraction of sp³-hybridized carbons (Fsp3) is 0.180. The second kappa shape index (κ2) is 16.9. The van der Waals surface area contributed by atoms with E-state index in [1.165, 1.54) is 15.5 Å². The third kappa shape index (κ3) is 9.12. The van der Waals surface area contributed by atoms with Crippen molar-refractivity contribution in [2.24, 2.45) is 5.41 Å². The van der Waals surface area contributed by atoms with Gasteiger partial charge in [0, 0.05) is 37.3 Å². The molecule has 0 unspecified atom stereocenters. The van der Waals surface area contributed by atoms with Crippen molar-refractivity contribution in [3.63, 3.8) is 0 Å². The molecule has 0 amide bonds. The summed E-state index contributed by atoms with van der Waals surface area (Å²) in [6.07, 6.45) is 4.95. The van der Waals surface area contributed by atoms with E-state index in [9.17, 15) is 5.26 Å². The van der Waals surface area contributed by atoms with Gasteiger partial charge in [0.2, 0.25) is 0 Å². The zero-order valence-corrected chi connectivity index (χ0v) is 37.5. The minimum absolute atomic E-state index is 0. The van der Waals surface area contributed by atoms with Crippen LogP contribution in [0.1, 0.15) is 37.5 Å². The molecule has 4 nitrogen and oxygen atoms in total. The first-order chi connectivity index (χ1) is 26.4. The minimum Gasteiger partial charge on any atom is 0 e. The van der Waals surface area contributed by atoms with Gasteiger partial charge >= 0.3 is 152 Å². The monoisotopic (exact) mass is 970 g/mol. The van der Waals surface area contributed by atoms with Crippen LogP contribution in [0.25, 0.3) is 66.7 Å². The molecular formula is C50H45GeIrN3O-2. The van der Waals surface area contributed by atoms with Gasteiger partial charge in [0.1, 0.15) is 5.58 Å². The molecule has 8 rings (SSSR count). The molecule has 56 heavy (non-hydrogen) atoms. The number of fused-ring (bicyclic) bond motifs is 3. The topological polar surface area (TPSA) is 62.7 Å². The summed E-state index contributed by atoms with van der Waals surface area (Å²) < 4.78 is 7.70. The van der Waals surface area contributed by atoms with Crippen molar-refractivity contribution in [3.05, 3.63) is 163 Å². The summed E-state index contributed by atoms with van der Waals surface area (Å²) >= 11 is -1.91. The number of aromatic nitrogens is 2. The van der Waals surface area contributed by atoms with Crippen LogP contribution < -0.4 is 4.40 Å². The molecule has 0 spiro atoms. The number of furan rings is 1. The van der Waals surface area contributed by atoms with Crippen LogP contribution in [0.4, 0.5) is 0 Å². The average Bonchev–Trinajstić information content (AvgIpc) is 3.56. The second-order valence-electron chi connectivity index (χ2n) is 16.3. The van der Waals surface area contributed by atoms with Crippen molar-refractivity contribution < 1.29 is 24.5 Å². The van der Waals surface area contributed by atoms with Gasteiger partial charge < -0.3 is 9.40 Å². The van der Waals surface area contributed by atoms with E-state index in [1.54, 1.807) is 6.07 Å². The molecule has 0 N–H and O–H groups in total. The third-order valence-electron chi connectivity index (χ3n) is 9.70. The van der Waals surface area contributed by atoms with Crippen molar-refractivity contribution in [2.45, 2.75) is 51.4 Å². The Labute approximate surface area is 347 Å². The van der Waals surface area contributed by atoms with Crippen molar-refractivity contribution in [1.29, 1.82) is 5.26 Å². The number of hydrogen-bond acceptors (Lipinski definition) is 4. The smallest absolute Gasteiger partial charge is 0 e. The van der Waals surface area contributed by atoms with Gasteiger partial charge in [-0.25, -0.2) is 0 Å². The Balaban J connectivity index is 0.000000190. The van der Waals surface area contributed by atoms with Gasteiger partial charge in [-0.3, -0.25) is 0 Å². The Morgan fingerprint density at radius 1 is 0.714 bits per heavy atom. The van der Waals surface area contributed by atoms with Crippen LogP contribution in [0.5, 0.6) is 0 Å². The zero-order valence-electron chi connectivity index (χ0n) is 33.0. The molecule has 5 aromatic carbocycles. The standard InChI is InChI=1S/C28H24NO.C22H21GeN2.Ir/c1-28(2,3)18-19-14-15-29-25(16-19)21-12-13-26-24(17-21)23-11-7-10-22(27(23)30-26)20-8-5-4-6-9-20;1-16-12-22(25-15-21(16)23(2,3)4)18-10-11-19(14-24)20(13-18)17-8-6-5-7-9-17;/h4-11,13-17H,18H2,1-3H3;5-9,11-13,15H,1-4H3;/q2*-1;. The number of para-hydroxylation sites is 1. The summed E-state index contributed by atoms with van der Waals surface area (Å²) in [5.41, 5.74) is 13.2. The maximum atomic E-state index is 9.43. The minimum atomic E-state index is -1.91. The quantitative estimate of drug-likeness (QED) is 0.123. The van der Waals surface area contributed by atoms with E-state index in [-0.39, 0.29) is 25.5 Å². The summed E-state index contributed by atoms with van der Waals surface area (Å²) in [7, 11) is 0. The van der Waals surface area contributed by atoms with Crippen molar-refractivity contribution >= 4 is 39.6 Å². The van der Waals surface area contributed by atoms with E-state index < -0.39 is 13.3 Å². The summed E-state index contributed by atoms with van der Waals surface area (Å²) in [4.78, 5) is 9.31. The van der Waals surface area contributed by atoms with Gasteiger partial charge in [0.15, 0.2) is 0 Å². The van der Waals surface area contributed by atoms with Crippen molar-refractivity contribution in [1.82, 2.24) is 9.97 Å². The molecule has 0 saturated carbocycles. The molecule has 281 valence electrons. The van der Waals surface area contributed by atoms with Gasteiger partial charge in [-0.1, -0.05) is 86.3 Å². The molecule has 3 heterocycles. The van der Waals surface area contributed by atoms with Crippen LogP contribution in [-0.2, 0) is 26.5 Å². The molecule has 0 saturated heterocycles. The van der Waals surface area contributed by atoms with E-state index in [4.69, 9.17) is 9.40 Å². The van der Waals surface area contributed by atoms with Crippen molar-refractivity contribution in [3.8, 4) is 50.8 Å². The molecular weight excluding hydrogens is 923 g/mol. The number of nitriles is 1. The number of aryl methyl sites for hydroxylation is 1. The molecule has 0 aliphatic rings. The zero-order chi connectivity index (χ0) is 38.7. The van der Waals surface area contributed by atoms with Crippen LogP contribution in [0.15, 0.2) is 138 Å². The van der Waals surface area contributed by atoms with Crippen LogP contribution in [0.2, 0.25) is 17.3 Å². The Bertz CT molecular complexity index is 2670. The van der Waals surface area contributed by atoms with Crippen LogP contribution in [0, 0.1) is 35.8 Å². The maximum absolute atomic E-state index is 9.43. The normalized spacial score (nSPS) is 11.4. The van der Waals surface area contributed by atoms with Crippen LogP contribution in [0.3, 0.4) is 0 Å². The second-order valence-corrected chi connectivity index (χ2v) is 26.9. The summed E-state index contributed by atoms with van der Waals surface area (Å²) in [5, 5.41) is 11.6. The number of pyridine rings is 2. The molecule has 0 atom stereocenters. The van der Waals surface area contributed by atoms with Crippen LogP contribution in [-0.4, -0.2) is 23.2 Å². The Morgan fingerprint density at radius 3 is 2.00 bits per heavy atom. The number of hydrogen-bond donors (Lipinski definition) is 0. The van der Waals surface area contributed by atoms with Gasteiger partial charge in [0.05, 0.1) is 5.58 Å². The largest absolute Gasteiger partial charge is 0 e. The molecule has 0 fully saturated rings. The summed E-state index contributed by atoms with van der Waals surface area (Å²) in [6.45, 7) is 8.94. The Kier molecular flexibility index (Phi) is 12.3. The predicted octanol–water partition coefficient (Wildman–Crippen LogP) is 12.6. The first-order valence-corrected chi connectivity index (χ1v) is 26.1. The summed E-state index contributed by atoms with van der Waals surface area (Å²) in [5.74, 6) is 7.14. The number of rotatable bonds is 6. The SMILES string of the molecule is CC(C)(C)Cc1ccnc(-c2[c-]cc3oc4c(-c5ccccc5)cccc4c3c2)c1.Cc1cc(-c2[c-]cc(C#N)c(-c3ccccc3)c2)nc[c]1[Ge]([CH3])([CH3])[CH3].[Ir]. The fourth-order valence-electron chi connectivity index (χ4n) is 7.16. The first kappa shape index (κ1) is 40.5. The van der Waals surface area contributed by atoms with E-state index in [2.05, 4.69) is 135 Å². The summed E-state index contributed by atoms with van der Waals surface area (Å²) in [6, 6.07) is 49.9. The van der Waals surface area contributed by atoms with Gasteiger partial charge in [-0.05, 0) is 29.2 Å². The van der Waals surface area contributed by atoms with Gasteiger partial charge in [-0.15, -0.1) is 23.8 Å². The third-order valence-corrected chi connectivity index (χ3v) is 14.2. The molecule has 0 aliphatic heterocycles. The number of nitrogens with zero attached hydrogens (tertiary/aromatic N) is 3. The maximum Gasteiger partial charge on any atom is 0 e. The van der Waals surface area contributed by atoms with E-state index in [0.717, 1.165) is 73.1 Å². The Morgan fingerprint density at radius 2 is 1.36 bits per heavy atom. The molecule has 0 aliphatic carbocycles. The van der Waals surface area contributed by atoms with Crippen LogP contribution >= 0.6 is 0 Å². The van der Waals surface area contributed by atoms with Crippen molar-refractivity contribution in [2.75, 3.05) is 0 Å². The van der Waals surface area contributed by atoms with Gasteiger partial charge in [-0.2, -0.15) is 0 Å². The molecule has 3 aromatic heterocycles. The molecule has 0 bridgehead atoms. The average molecular weight is 969 g/mol. The number of benzene rings is 5. The fourth-order valence-corrected chi connectivity index (χ4v) is 10.7. The molecule has 6 heteroatoms. The van der Waals surface area contributed by atoms with Gasteiger partial charge in [0.25, 0.3) is 0 Å². The van der Waals surface area contributed by atoms with E-state index >= 15 is 0 Å². The van der Waals surface area contributed by atoms with E-state index in [1.807, 2.05) is 60.9 Å². The Hall–Kier alpha value is -5.12. The van der Waals surface area contributed by atoms with E-state index in [0.29, 0.717) is 5.56 Å². The molecule has 8 aromatic rings.